The van der Waals surface area contributed by atoms with Gasteiger partial charge in [-0.25, -0.2) is 0 Å². The first-order valence-corrected chi connectivity index (χ1v) is 11.5. The maximum atomic E-state index is 13.1. The Kier molecular flexibility index (Phi) is 7.54. The quantitative estimate of drug-likeness (QED) is 0.563. The molecule has 1 fully saturated rings. The van der Waals surface area contributed by atoms with Gasteiger partial charge < -0.3 is 29.7 Å². The molecule has 2 aliphatic heterocycles. The first-order valence-electron chi connectivity index (χ1n) is 11.5. The number of amides is 3. The molecule has 3 amide bonds. The number of hydrogen-bond donors (Lipinski definition) is 2. The Morgan fingerprint density at radius 3 is 2.63 bits per heavy atom. The number of likely N-dealkylation sites (tertiary alicyclic amines) is 1. The molecular weight excluding hydrogens is 450 g/mol. The van der Waals surface area contributed by atoms with Crippen molar-refractivity contribution in [1.29, 1.82) is 0 Å². The molecule has 1 atom stereocenters. The lowest BCUT2D eigenvalue weighted by molar-refractivity contribution is -0.124. The predicted octanol–water partition coefficient (Wildman–Crippen LogP) is 2.38. The Morgan fingerprint density at radius 1 is 1.14 bits per heavy atom. The number of hydrogen-bond acceptors (Lipinski definition) is 6. The van der Waals surface area contributed by atoms with Gasteiger partial charge in [-0.05, 0) is 49.1 Å². The summed E-state index contributed by atoms with van der Waals surface area (Å²) < 4.78 is 16.0. The molecule has 0 radical (unpaired) electrons. The first-order chi connectivity index (χ1) is 17.0. The minimum absolute atomic E-state index is 0.110. The molecule has 184 valence electrons. The summed E-state index contributed by atoms with van der Waals surface area (Å²) in [6, 6.07) is 11.3. The van der Waals surface area contributed by atoms with Crippen LogP contribution in [0.25, 0.3) is 0 Å². The lowest BCUT2D eigenvalue weighted by Crippen LogP contribution is -2.53. The van der Waals surface area contributed by atoms with Crippen LogP contribution in [0.1, 0.15) is 33.6 Å². The van der Waals surface area contributed by atoms with Crippen LogP contribution >= 0.6 is 0 Å². The number of carbonyl (C=O) groups is 3. The zero-order valence-electron chi connectivity index (χ0n) is 19.6. The van der Waals surface area contributed by atoms with Gasteiger partial charge in [-0.15, -0.1) is 6.58 Å². The number of ether oxygens (including phenoxy) is 3. The van der Waals surface area contributed by atoms with Crippen molar-refractivity contribution in [2.75, 3.05) is 33.5 Å². The van der Waals surface area contributed by atoms with E-state index in [1.165, 1.54) is 7.11 Å². The van der Waals surface area contributed by atoms with Gasteiger partial charge in [0.15, 0.2) is 11.5 Å². The van der Waals surface area contributed by atoms with E-state index in [4.69, 9.17) is 14.2 Å². The number of para-hydroxylation sites is 1. The molecule has 0 spiro atoms. The summed E-state index contributed by atoms with van der Waals surface area (Å²) in [6.07, 6.45) is 2.71. The molecule has 0 aromatic heterocycles. The van der Waals surface area contributed by atoms with Crippen LogP contribution in [-0.2, 0) is 4.79 Å². The summed E-state index contributed by atoms with van der Waals surface area (Å²) in [4.78, 5) is 40.8. The topological polar surface area (TPSA) is 106 Å². The molecule has 0 bridgehead atoms. The second-order valence-electron chi connectivity index (χ2n) is 8.38. The van der Waals surface area contributed by atoms with Crippen LogP contribution in [0.5, 0.6) is 17.2 Å². The van der Waals surface area contributed by atoms with Gasteiger partial charge in [0.25, 0.3) is 11.8 Å². The minimum Gasteiger partial charge on any atom is -0.496 e. The highest BCUT2D eigenvalue weighted by atomic mass is 16.7. The third-order valence-electron chi connectivity index (χ3n) is 6.26. The summed E-state index contributed by atoms with van der Waals surface area (Å²) >= 11 is 0. The fourth-order valence-electron chi connectivity index (χ4n) is 4.37. The van der Waals surface area contributed by atoms with Crippen molar-refractivity contribution in [2.45, 2.75) is 18.9 Å². The molecule has 4 rings (SSSR count). The van der Waals surface area contributed by atoms with Crippen molar-refractivity contribution in [1.82, 2.24) is 15.5 Å². The minimum atomic E-state index is -0.753. The highest BCUT2D eigenvalue weighted by Gasteiger charge is 2.34. The van der Waals surface area contributed by atoms with E-state index in [0.717, 1.165) is 0 Å². The van der Waals surface area contributed by atoms with Crippen LogP contribution in [0, 0.1) is 5.92 Å². The zero-order chi connectivity index (χ0) is 24.8. The van der Waals surface area contributed by atoms with Crippen molar-refractivity contribution in [3.05, 3.63) is 66.2 Å². The largest absolute Gasteiger partial charge is 0.496 e. The van der Waals surface area contributed by atoms with Crippen molar-refractivity contribution in [3.8, 4) is 17.2 Å². The number of fused-ring (bicyclic) bond motifs is 1. The third-order valence-corrected chi connectivity index (χ3v) is 6.26. The molecule has 2 aliphatic rings. The van der Waals surface area contributed by atoms with Crippen LogP contribution in [-0.4, -0.2) is 62.2 Å². The van der Waals surface area contributed by atoms with Gasteiger partial charge in [0.05, 0.1) is 12.7 Å². The summed E-state index contributed by atoms with van der Waals surface area (Å²) in [7, 11) is 1.54. The molecule has 2 aromatic rings. The molecule has 1 saturated heterocycles. The SMILES string of the molecule is C=CCNC(=O)[C@H](NC(=O)c1ccc2c(c1)OCO2)C1CCN(C(=O)c2ccccc2OC)CC1. The molecule has 2 heterocycles. The number of benzene rings is 2. The van der Waals surface area contributed by atoms with E-state index in [1.807, 2.05) is 6.07 Å². The molecule has 0 unspecified atom stereocenters. The second kappa shape index (κ2) is 10.9. The molecule has 9 nitrogen and oxygen atoms in total. The third kappa shape index (κ3) is 5.40. The highest BCUT2D eigenvalue weighted by molar-refractivity contribution is 5.98. The smallest absolute Gasteiger partial charge is 0.257 e. The Balaban J connectivity index is 1.44. The molecule has 35 heavy (non-hydrogen) atoms. The van der Waals surface area contributed by atoms with E-state index in [1.54, 1.807) is 47.4 Å². The van der Waals surface area contributed by atoms with Crippen molar-refractivity contribution < 1.29 is 28.6 Å². The van der Waals surface area contributed by atoms with Crippen LogP contribution in [0.3, 0.4) is 0 Å². The number of carbonyl (C=O) groups excluding carboxylic acids is 3. The molecule has 9 heteroatoms. The van der Waals surface area contributed by atoms with Crippen LogP contribution in [0.2, 0.25) is 0 Å². The monoisotopic (exact) mass is 479 g/mol. The number of nitrogens with zero attached hydrogens (tertiary/aromatic N) is 1. The fraction of sp³-hybridized carbons (Fsp3) is 0.346. The van der Waals surface area contributed by atoms with Gasteiger partial charge in [-0.2, -0.15) is 0 Å². The summed E-state index contributed by atoms with van der Waals surface area (Å²) in [5.41, 5.74) is 0.879. The summed E-state index contributed by atoms with van der Waals surface area (Å²) in [5.74, 6) is 0.681. The van der Waals surface area contributed by atoms with Crippen LogP contribution < -0.4 is 24.8 Å². The van der Waals surface area contributed by atoms with Crippen LogP contribution in [0.15, 0.2) is 55.1 Å². The molecule has 2 N–H and O–H groups in total. The maximum absolute atomic E-state index is 13.1. The average Bonchev–Trinajstić information content (AvgIpc) is 3.38. The van der Waals surface area contributed by atoms with Gasteiger partial charge in [0, 0.05) is 25.2 Å². The second-order valence-corrected chi connectivity index (χ2v) is 8.38. The number of methoxy groups -OCH3 is 1. The van der Waals surface area contributed by atoms with Gasteiger partial charge in [0.1, 0.15) is 11.8 Å². The number of piperidine rings is 1. The summed E-state index contributed by atoms with van der Waals surface area (Å²) in [6.45, 7) is 4.97. The van der Waals surface area contributed by atoms with Crippen LogP contribution in [0.4, 0.5) is 0 Å². The lowest BCUT2D eigenvalue weighted by atomic mass is 9.88. The average molecular weight is 480 g/mol. The number of nitrogens with one attached hydrogen (secondary N) is 2. The van der Waals surface area contributed by atoms with Gasteiger partial charge in [-0.3, -0.25) is 14.4 Å². The summed E-state index contributed by atoms with van der Waals surface area (Å²) in [5, 5.41) is 5.68. The van der Waals surface area contributed by atoms with Gasteiger partial charge in [0.2, 0.25) is 12.7 Å². The van der Waals surface area contributed by atoms with Crippen molar-refractivity contribution >= 4 is 17.7 Å². The first kappa shape index (κ1) is 24.1. The van der Waals surface area contributed by atoms with Gasteiger partial charge >= 0.3 is 0 Å². The van der Waals surface area contributed by atoms with E-state index in [2.05, 4.69) is 17.2 Å². The van der Waals surface area contributed by atoms with Crippen molar-refractivity contribution in [2.24, 2.45) is 5.92 Å². The van der Waals surface area contributed by atoms with Gasteiger partial charge in [-0.1, -0.05) is 18.2 Å². The fourth-order valence-corrected chi connectivity index (χ4v) is 4.37. The Bertz CT molecular complexity index is 1110. The Labute approximate surface area is 204 Å². The van der Waals surface area contributed by atoms with E-state index in [-0.39, 0.29) is 30.4 Å². The van der Waals surface area contributed by atoms with E-state index in [0.29, 0.717) is 60.9 Å². The maximum Gasteiger partial charge on any atom is 0.257 e. The molecule has 0 aliphatic carbocycles. The van der Waals surface area contributed by atoms with E-state index >= 15 is 0 Å². The van der Waals surface area contributed by atoms with Crippen molar-refractivity contribution in [3.63, 3.8) is 0 Å². The van der Waals surface area contributed by atoms with E-state index in [9.17, 15) is 14.4 Å². The molecule has 0 saturated carbocycles. The number of rotatable bonds is 8. The standard InChI is InChI=1S/C26H29N3O6/c1-3-12-27-25(31)23(28-24(30)18-8-9-21-22(15-18)35-16-34-21)17-10-13-29(14-11-17)26(32)19-6-4-5-7-20(19)33-2/h3-9,15,17,23H,1,10-14,16H2,2H3,(H,27,31)(H,28,30)/t23-/m1/s1. The molecular formula is C26H29N3O6. The molecule has 2 aromatic carbocycles. The highest BCUT2D eigenvalue weighted by Crippen LogP contribution is 2.32. The normalized spacial score (nSPS) is 15.7. The zero-order valence-corrected chi connectivity index (χ0v) is 19.6. The predicted molar refractivity (Wildman–Crippen MR) is 129 cm³/mol. The Hall–Kier alpha value is -4.01. The van der Waals surface area contributed by atoms with E-state index < -0.39 is 6.04 Å². The lowest BCUT2D eigenvalue weighted by Gasteiger charge is -2.36. The Morgan fingerprint density at radius 2 is 1.89 bits per heavy atom.